The van der Waals surface area contributed by atoms with E-state index in [-0.39, 0.29) is 36.6 Å². The largest absolute Gasteiger partial charge is 0.485 e. The number of hydrogen-bond donors (Lipinski definition) is 1. The van der Waals surface area contributed by atoms with Crippen molar-refractivity contribution in [3.05, 3.63) is 89.2 Å². The SMILES string of the molecule is Cc1cc(F)ccc1OCC(=O)c1ccc2c(c1)N(C(C)C(=O)NCCc1ccccc1)C(=O)CO2. The maximum Gasteiger partial charge on any atom is 0.265 e. The first kappa shape index (κ1) is 24.9. The van der Waals surface area contributed by atoms with Crippen molar-refractivity contribution in [3.8, 4) is 11.5 Å². The molecule has 2 amide bonds. The number of fused-ring (bicyclic) bond motifs is 1. The van der Waals surface area contributed by atoms with Crippen LogP contribution in [0, 0.1) is 12.7 Å². The Morgan fingerprint density at radius 3 is 2.64 bits per heavy atom. The second kappa shape index (κ2) is 11.0. The first-order valence-electron chi connectivity index (χ1n) is 11.7. The third-order valence-electron chi connectivity index (χ3n) is 5.98. The van der Waals surface area contributed by atoms with Gasteiger partial charge < -0.3 is 14.8 Å². The Labute approximate surface area is 208 Å². The first-order valence-corrected chi connectivity index (χ1v) is 11.7. The molecule has 1 heterocycles. The summed E-state index contributed by atoms with van der Waals surface area (Å²) in [5, 5.41) is 2.88. The van der Waals surface area contributed by atoms with Gasteiger partial charge in [-0.15, -0.1) is 0 Å². The molecule has 1 unspecified atom stereocenters. The van der Waals surface area contributed by atoms with Crippen molar-refractivity contribution in [1.82, 2.24) is 5.32 Å². The van der Waals surface area contributed by atoms with Crippen molar-refractivity contribution >= 4 is 23.3 Å². The summed E-state index contributed by atoms with van der Waals surface area (Å²) in [6.45, 7) is 3.29. The Balaban J connectivity index is 1.45. The van der Waals surface area contributed by atoms with Crippen LogP contribution in [0.25, 0.3) is 0 Å². The second-order valence-corrected chi connectivity index (χ2v) is 8.56. The van der Waals surface area contributed by atoms with E-state index < -0.39 is 6.04 Å². The second-order valence-electron chi connectivity index (χ2n) is 8.56. The number of carbonyl (C=O) groups excluding carboxylic acids is 3. The number of hydrogen-bond acceptors (Lipinski definition) is 5. The summed E-state index contributed by atoms with van der Waals surface area (Å²) < 4.78 is 24.4. The lowest BCUT2D eigenvalue weighted by Gasteiger charge is -2.33. The number of nitrogens with zero attached hydrogens (tertiary/aromatic N) is 1. The smallest absolute Gasteiger partial charge is 0.265 e. The van der Waals surface area contributed by atoms with E-state index in [2.05, 4.69) is 5.32 Å². The molecule has 1 aliphatic heterocycles. The van der Waals surface area contributed by atoms with Gasteiger partial charge in [0, 0.05) is 12.1 Å². The van der Waals surface area contributed by atoms with Crippen LogP contribution in [0.3, 0.4) is 0 Å². The molecule has 36 heavy (non-hydrogen) atoms. The lowest BCUT2D eigenvalue weighted by molar-refractivity contribution is -0.127. The van der Waals surface area contributed by atoms with Crippen LogP contribution in [0.1, 0.15) is 28.4 Å². The van der Waals surface area contributed by atoms with Gasteiger partial charge in [0.2, 0.25) is 5.91 Å². The molecule has 0 spiro atoms. The lowest BCUT2D eigenvalue weighted by Crippen LogP contribution is -2.51. The third kappa shape index (κ3) is 5.71. The van der Waals surface area contributed by atoms with Gasteiger partial charge in [-0.25, -0.2) is 4.39 Å². The predicted octanol–water partition coefficient (Wildman–Crippen LogP) is 3.87. The summed E-state index contributed by atoms with van der Waals surface area (Å²) in [5.74, 6) is -0.590. The maximum absolute atomic E-state index is 13.3. The number of benzene rings is 3. The lowest BCUT2D eigenvalue weighted by atomic mass is 10.1. The number of Topliss-reactive ketones (excluding diaryl/α,β-unsaturated/α-hetero) is 1. The minimum absolute atomic E-state index is 0.200. The van der Waals surface area contributed by atoms with E-state index in [1.54, 1.807) is 26.0 Å². The van der Waals surface area contributed by atoms with Crippen LogP contribution in [-0.4, -0.2) is 43.4 Å². The van der Waals surface area contributed by atoms with Gasteiger partial charge >= 0.3 is 0 Å². The normalized spacial score (nSPS) is 13.4. The number of ketones is 1. The van der Waals surface area contributed by atoms with E-state index in [1.807, 2.05) is 30.3 Å². The number of halogens is 1. The molecule has 186 valence electrons. The minimum Gasteiger partial charge on any atom is -0.485 e. The van der Waals surface area contributed by atoms with E-state index in [0.717, 1.165) is 5.56 Å². The van der Waals surface area contributed by atoms with Gasteiger partial charge in [-0.1, -0.05) is 30.3 Å². The highest BCUT2D eigenvalue weighted by atomic mass is 19.1. The molecular weight excluding hydrogens is 463 g/mol. The zero-order chi connectivity index (χ0) is 25.7. The Hall–Kier alpha value is -4.20. The number of carbonyl (C=O) groups is 3. The Morgan fingerprint density at radius 1 is 1.11 bits per heavy atom. The molecule has 4 rings (SSSR count). The number of anilines is 1. The van der Waals surface area contributed by atoms with Crippen molar-refractivity contribution in [2.75, 3.05) is 24.7 Å². The van der Waals surface area contributed by atoms with Crippen LogP contribution in [0.15, 0.2) is 66.7 Å². The predicted molar refractivity (Wildman–Crippen MR) is 133 cm³/mol. The van der Waals surface area contributed by atoms with Gasteiger partial charge in [-0.3, -0.25) is 19.3 Å². The van der Waals surface area contributed by atoms with Crippen LogP contribution >= 0.6 is 0 Å². The van der Waals surface area contributed by atoms with Crippen molar-refractivity contribution in [2.45, 2.75) is 26.3 Å². The van der Waals surface area contributed by atoms with E-state index in [1.165, 1.54) is 29.2 Å². The fourth-order valence-electron chi connectivity index (χ4n) is 4.01. The summed E-state index contributed by atoms with van der Waals surface area (Å²) in [5.41, 5.74) is 2.32. The molecule has 0 radical (unpaired) electrons. The zero-order valence-corrected chi connectivity index (χ0v) is 20.1. The first-order chi connectivity index (χ1) is 17.3. The standard InChI is InChI=1S/C28H27FN2O5/c1-18-14-22(29)9-11-25(18)35-16-24(32)21-8-10-26-23(15-21)31(27(33)17-36-26)19(2)28(34)30-13-12-20-6-4-3-5-7-20/h3-11,14-15,19H,12-13,16-17H2,1-2H3,(H,30,34). The van der Waals surface area contributed by atoms with E-state index in [4.69, 9.17) is 9.47 Å². The highest BCUT2D eigenvalue weighted by Gasteiger charge is 2.33. The summed E-state index contributed by atoms with van der Waals surface area (Å²) in [4.78, 5) is 39.8. The van der Waals surface area contributed by atoms with Crippen LogP contribution < -0.4 is 19.7 Å². The zero-order valence-electron chi connectivity index (χ0n) is 20.1. The van der Waals surface area contributed by atoms with Crippen LogP contribution in [0.5, 0.6) is 11.5 Å². The Bertz CT molecular complexity index is 1280. The van der Waals surface area contributed by atoms with Gasteiger partial charge in [-0.05, 0) is 67.8 Å². The molecular formula is C28H27FN2O5. The van der Waals surface area contributed by atoms with Crippen molar-refractivity contribution in [1.29, 1.82) is 0 Å². The molecule has 8 heteroatoms. The number of ether oxygens (including phenoxy) is 2. The molecule has 0 saturated heterocycles. The maximum atomic E-state index is 13.3. The van der Waals surface area contributed by atoms with Gasteiger partial charge in [0.05, 0.1) is 5.69 Å². The average molecular weight is 491 g/mol. The van der Waals surface area contributed by atoms with Crippen molar-refractivity contribution in [2.24, 2.45) is 0 Å². The van der Waals surface area contributed by atoms with Crippen molar-refractivity contribution in [3.63, 3.8) is 0 Å². The molecule has 0 aliphatic carbocycles. The van der Waals surface area contributed by atoms with Crippen LogP contribution in [0.4, 0.5) is 10.1 Å². The number of amides is 2. The molecule has 1 aliphatic rings. The molecule has 1 atom stereocenters. The number of nitrogens with one attached hydrogen (secondary N) is 1. The average Bonchev–Trinajstić information content (AvgIpc) is 2.87. The van der Waals surface area contributed by atoms with E-state index in [9.17, 15) is 18.8 Å². The topological polar surface area (TPSA) is 84.9 Å². The molecule has 0 bridgehead atoms. The highest BCUT2D eigenvalue weighted by Crippen LogP contribution is 2.34. The molecule has 0 fully saturated rings. The summed E-state index contributed by atoms with van der Waals surface area (Å²) >= 11 is 0. The van der Waals surface area contributed by atoms with Gasteiger partial charge in [0.1, 0.15) is 23.4 Å². The van der Waals surface area contributed by atoms with Crippen LogP contribution in [0.2, 0.25) is 0 Å². The van der Waals surface area contributed by atoms with Crippen molar-refractivity contribution < 1.29 is 28.2 Å². The molecule has 3 aromatic rings. The fourth-order valence-corrected chi connectivity index (χ4v) is 4.01. The van der Waals surface area contributed by atoms with Crippen LogP contribution in [-0.2, 0) is 16.0 Å². The Kier molecular flexibility index (Phi) is 7.63. The quantitative estimate of drug-likeness (QED) is 0.461. The molecule has 7 nitrogen and oxygen atoms in total. The minimum atomic E-state index is -0.806. The van der Waals surface area contributed by atoms with Gasteiger partial charge in [0.15, 0.2) is 19.0 Å². The summed E-state index contributed by atoms with van der Waals surface area (Å²) in [6, 6.07) is 17.7. The molecule has 3 aromatic carbocycles. The molecule has 1 N–H and O–H groups in total. The highest BCUT2D eigenvalue weighted by molar-refractivity contribution is 6.05. The molecule has 0 saturated carbocycles. The summed E-state index contributed by atoms with van der Waals surface area (Å²) in [7, 11) is 0. The van der Waals surface area contributed by atoms with Gasteiger partial charge in [0.25, 0.3) is 5.91 Å². The number of rotatable bonds is 9. The summed E-state index contributed by atoms with van der Waals surface area (Å²) in [6.07, 6.45) is 0.666. The van der Waals surface area contributed by atoms with E-state index >= 15 is 0 Å². The van der Waals surface area contributed by atoms with Gasteiger partial charge in [-0.2, -0.15) is 0 Å². The monoisotopic (exact) mass is 490 g/mol. The molecule has 0 aromatic heterocycles. The fraction of sp³-hybridized carbons (Fsp3) is 0.250. The van der Waals surface area contributed by atoms with E-state index in [0.29, 0.717) is 41.3 Å². The number of aryl methyl sites for hydroxylation is 1. The third-order valence-corrected chi connectivity index (χ3v) is 5.98. The Morgan fingerprint density at radius 2 is 1.89 bits per heavy atom.